The van der Waals surface area contributed by atoms with E-state index in [-0.39, 0.29) is 6.04 Å². The van der Waals surface area contributed by atoms with Crippen LogP contribution in [0, 0.1) is 11.8 Å². The van der Waals surface area contributed by atoms with E-state index in [9.17, 15) is 0 Å². The highest BCUT2D eigenvalue weighted by molar-refractivity contribution is 5.79. The second-order valence-corrected chi connectivity index (χ2v) is 6.22. The Morgan fingerprint density at radius 3 is 2.95 bits per heavy atom. The van der Waals surface area contributed by atoms with Crippen molar-refractivity contribution in [1.29, 1.82) is 0 Å². The zero-order valence-electron chi connectivity index (χ0n) is 12.8. The number of aromatic nitrogens is 1. The second-order valence-electron chi connectivity index (χ2n) is 6.22. The van der Waals surface area contributed by atoms with Crippen LogP contribution in [0.1, 0.15) is 50.6 Å². The first-order chi connectivity index (χ1) is 10.3. The summed E-state index contributed by atoms with van der Waals surface area (Å²) in [5, 5.41) is 1.19. The smallest absolute Gasteiger partial charge is 0.0702 e. The number of nitrogens with one attached hydrogen (secondary N) is 1. The number of benzene rings is 1. The van der Waals surface area contributed by atoms with E-state index in [4.69, 9.17) is 5.84 Å². The van der Waals surface area contributed by atoms with E-state index in [1.165, 1.54) is 43.1 Å². The van der Waals surface area contributed by atoms with E-state index >= 15 is 0 Å². The summed E-state index contributed by atoms with van der Waals surface area (Å²) >= 11 is 0. The first kappa shape index (κ1) is 14.5. The lowest BCUT2D eigenvalue weighted by molar-refractivity contribution is 0.176. The molecule has 1 aromatic carbocycles. The number of nitrogens with two attached hydrogens (primary N) is 1. The van der Waals surface area contributed by atoms with Gasteiger partial charge in [0.15, 0.2) is 0 Å². The number of hydrogen-bond donors (Lipinski definition) is 2. The molecule has 3 heteroatoms. The maximum Gasteiger partial charge on any atom is 0.0702 e. The van der Waals surface area contributed by atoms with Crippen LogP contribution in [-0.4, -0.2) is 4.98 Å². The zero-order chi connectivity index (χ0) is 14.7. The van der Waals surface area contributed by atoms with Crippen LogP contribution in [0.25, 0.3) is 10.9 Å². The second kappa shape index (κ2) is 6.54. The largest absolute Gasteiger partial charge is 0.271 e. The molecule has 1 aliphatic rings. The molecule has 0 amide bonds. The highest BCUT2D eigenvalue weighted by atomic mass is 15.2. The van der Waals surface area contributed by atoms with Gasteiger partial charge in [0, 0.05) is 17.6 Å². The molecule has 1 heterocycles. The maximum atomic E-state index is 5.93. The van der Waals surface area contributed by atoms with Gasteiger partial charge in [-0.3, -0.25) is 16.3 Å². The fourth-order valence-corrected chi connectivity index (χ4v) is 3.94. The average Bonchev–Trinajstić information content (AvgIpc) is 2.56. The van der Waals surface area contributed by atoms with Crippen LogP contribution in [0.15, 0.2) is 36.5 Å². The van der Waals surface area contributed by atoms with Crippen LogP contribution in [-0.2, 0) is 0 Å². The zero-order valence-corrected chi connectivity index (χ0v) is 12.8. The molecule has 0 radical (unpaired) electrons. The van der Waals surface area contributed by atoms with Crippen LogP contribution >= 0.6 is 0 Å². The monoisotopic (exact) mass is 283 g/mol. The van der Waals surface area contributed by atoms with Gasteiger partial charge in [0.25, 0.3) is 0 Å². The Hall–Kier alpha value is -1.45. The first-order valence-corrected chi connectivity index (χ1v) is 8.14. The SMILES string of the molecule is CCC1CCCCC1C(NN)c1ccc2ncccc2c1. The number of hydrogen-bond acceptors (Lipinski definition) is 3. The Balaban J connectivity index is 1.93. The van der Waals surface area contributed by atoms with Crippen molar-refractivity contribution in [3.8, 4) is 0 Å². The number of nitrogens with zero attached hydrogens (tertiary/aromatic N) is 1. The highest BCUT2D eigenvalue weighted by Crippen LogP contribution is 2.40. The van der Waals surface area contributed by atoms with Crippen LogP contribution in [0.5, 0.6) is 0 Å². The lowest BCUT2D eigenvalue weighted by atomic mass is 9.72. The molecule has 0 aliphatic heterocycles. The first-order valence-electron chi connectivity index (χ1n) is 8.14. The van der Waals surface area contributed by atoms with Crippen LogP contribution in [0.3, 0.4) is 0 Å². The van der Waals surface area contributed by atoms with Gasteiger partial charge in [0.2, 0.25) is 0 Å². The Kier molecular flexibility index (Phi) is 4.51. The molecule has 3 rings (SSSR count). The summed E-state index contributed by atoms with van der Waals surface area (Å²) in [4.78, 5) is 4.40. The molecule has 3 unspecified atom stereocenters. The van der Waals surface area contributed by atoms with Gasteiger partial charge < -0.3 is 0 Å². The number of fused-ring (bicyclic) bond motifs is 1. The number of rotatable bonds is 4. The maximum absolute atomic E-state index is 5.93. The van der Waals surface area contributed by atoms with Gasteiger partial charge in [-0.2, -0.15) is 0 Å². The van der Waals surface area contributed by atoms with Crippen molar-refractivity contribution >= 4 is 10.9 Å². The van der Waals surface area contributed by atoms with Crippen molar-refractivity contribution in [2.75, 3.05) is 0 Å². The van der Waals surface area contributed by atoms with Crippen molar-refractivity contribution < 1.29 is 0 Å². The summed E-state index contributed by atoms with van der Waals surface area (Å²) < 4.78 is 0. The van der Waals surface area contributed by atoms with Gasteiger partial charge in [0.1, 0.15) is 0 Å². The average molecular weight is 283 g/mol. The summed E-state index contributed by atoms with van der Waals surface area (Å²) in [6.45, 7) is 2.31. The molecule has 3 N–H and O–H groups in total. The quantitative estimate of drug-likeness (QED) is 0.659. The molecule has 3 nitrogen and oxygen atoms in total. The molecule has 3 atom stereocenters. The van der Waals surface area contributed by atoms with Crippen molar-refractivity contribution in [3.05, 3.63) is 42.1 Å². The predicted molar refractivity (Wildman–Crippen MR) is 87.5 cm³/mol. The Bertz CT molecular complexity index is 596. The van der Waals surface area contributed by atoms with E-state index in [1.54, 1.807) is 0 Å². The van der Waals surface area contributed by atoms with Crippen LogP contribution < -0.4 is 11.3 Å². The number of pyridine rings is 1. The summed E-state index contributed by atoms with van der Waals surface area (Å²) in [5.74, 6) is 7.35. The van der Waals surface area contributed by atoms with Crippen molar-refractivity contribution in [2.24, 2.45) is 17.7 Å². The summed E-state index contributed by atoms with van der Waals surface area (Å²) in [7, 11) is 0. The molecule has 112 valence electrons. The summed E-state index contributed by atoms with van der Waals surface area (Å²) in [6.07, 6.45) is 8.41. The lowest BCUT2D eigenvalue weighted by Gasteiger charge is -2.37. The normalized spacial score (nSPS) is 24.1. The van der Waals surface area contributed by atoms with Gasteiger partial charge >= 0.3 is 0 Å². The minimum absolute atomic E-state index is 0.250. The van der Waals surface area contributed by atoms with E-state index in [0.29, 0.717) is 5.92 Å². The topological polar surface area (TPSA) is 50.9 Å². The molecule has 1 fully saturated rings. The molecular formula is C18H25N3. The molecule has 1 aromatic heterocycles. The van der Waals surface area contributed by atoms with Gasteiger partial charge in [0.05, 0.1) is 5.52 Å². The van der Waals surface area contributed by atoms with Crippen molar-refractivity contribution in [1.82, 2.24) is 10.4 Å². The lowest BCUT2D eigenvalue weighted by Crippen LogP contribution is -2.38. The fourth-order valence-electron chi connectivity index (χ4n) is 3.94. The summed E-state index contributed by atoms with van der Waals surface area (Å²) in [5.41, 5.74) is 5.44. The summed E-state index contributed by atoms with van der Waals surface area (Å²) in [6, 6.07) is 10.9. The van der Waals surface area contributed by atoms with Crippen LogP contribution in [0.4, 0.5) is 0 Å². The molecule has 0 spiro atoms. The third-order valence-electron chi connectivity index (χ3n) is 5.09. The molecule has 2 aromatic rings. The van der Waals surface area contributed by atoms with E-state index in [1.807, 2.05) is 12.3 Å². The van der Waals surface area contributed by atoms with Crippen molar-refractivity contribution in [3.63, 3.8) is 0 Å². The van der Waals surface area contributed by atoms with Crippen LogP contribution in [0.2, 0.25) is 0 Å². The Morgan fingerprint density at radius 1 is 1.29 bits per heavy atom. The van der Waals surface area contributed by atoms with Gasteiger partial charge in [-0.15, -0.1) is 0 Å². The molecule has 1 aliphatic carbocycles. The molecule has 1 saturated carbocycles. The minimum atomic E-state index is 0.250. The number of hydrazine groups is 1. The van der Waals surface area contributed by atoms with E-state index in [0.717, 1.165) is 11.4 Å². The molecule has 0 bridgehead atoms. The van der Waals surface area contributed by atoms with Gasteiger partial charge in [-0.05, 0) is 42.0 Å². The third kappa shape index (κ3) is 2.94. The van der Waals surface area contributed by atoms with E-state index < -0.39 is 0 Å². The van der Waals surface area contributed by atoms with E-state index in [2.05, 4.69) is 41.6 Å². The standard InChI is InChI=1S/C18H25N3/c1-2-13-6-3-4-8-16(13)18(21-19)15-9-10-17-14(12-15)7-5-11-20-17/h5,7,9-13,16,18,21H,2-4,6,8,19H2,1H3. The minimum Gasteiger partial charge on any atom is -0.271 e. The predicted octanol–water partition coefficient (Wildman–Crippen LogP) is 3.96. The van der Waals surface area contributed by atoms with Crippen molar-refractivity contribution in [2.45, 2.75) is 45.1 Å². The molecular weight excluding hydrogens is 258 g/mol. The van der Waals surface area contributed by atoms with Gasteiger partial charge in [-0.25, -0.2) is 0 Å². The molecule has 21 heavy (non-hydrogen) atoms. The van der Waals surface area contributed by atoms with Gasteiger partial charge in [-0.1, -0.05) is 44.7 Å². The third-order valence-corrected chi connectivity index (χ3v) is 5.09. The molecule has 0 saturated heterocycles. The fraction of sp³-hybridized carbons (Fsp3) is 0.500. The highest BCUT2D eigenvalue weighted by Gasteiger charge is 2.31. The Morgan fingerprint density at radius 2 is 2.14 bits per heavy atom. The Labute approximate surface area is 126 Å².